The molecule has 41 heavy (non-hydrogen) atoms. The van der Waals surface area contributed by atoms with Crippen LogP contribution in [-0.2, 0) is 12.7 Å². The molecule has 0 aliphatic carbocycles. The van der Waals surface area contributed by atoms with Crippen molar-refractivity contribution in [2.75, 3.05) is 43.9 Å². The molecule has 0 amide bonds. The van der Waals surface area contributed by atoms with E-state index in [4.69, 9.17) is 0 Å². The van der Waals surface area contributed by atoms with E-state index in [0.29, 0.717) is 22.8 Å². The lowest BCUT2D eigenvalue weighted by Crippen LogP contribution is -2.44. The zero-order valence-electron chi connectivity index (χ0n) is 23.2. The number of nitrogens with zero attached hydrogens (tertiary/aromatic N) is 4. The number of pyridine rings is 2. The maximum Gasteiger partial charge on any atom is 0.416 e. The third-order valence-corrected chi connectivity index (χ3v) is 7.30. The van der Waals surface area contributed by atoms with Crippen molar-refractivity contribution in [1.29, 1.82) is 0 Å². The molecular weight excluding hydrogens is 525 g/mol. The van der Waals surface area contributed by atoms with Crippen LogP contribution in [0.15, 0.2) is 85.8 Å². The van der Waals surface area contributed by atoms with Gasteiger partial charge in [0.15, 0.2) is 0 Å². The first-order chi connectivity index (χ1) is 19.7. The second-order valence-corrected chi connectivity index (χ2v) is 10.4. The van der Waals surface area contributed by atoms with Crippen LogP contribution < -0.4 is 10.6 Å². The number of rotatable bonds is 8. The predicted octanol–water partition coefficient (Wildman–Crippen LogP) is 7.04. The van der Waals surface area contributed by atoms with E-state index in [2.05, 4.69) is 37.0 Å². The van der Waals surface area contributed by atoms with Crippen molar-refractivity contribution in [2.24, 2.45) is 0 Å². The highest BCUT2D eigenvalue weighted by molar-refractivity contribution is 5.79. The van der Waals surface area contributed by atoms with Gasteiger partial charge in [-0.05, 0) is 72.6 Å². The molecule has 2 aromatic heterocycles. The van der Waals surface area contributed by atoms with Crippen molar-refractivity contribution >= 4 is 22.9 Å². The lowest BCUT2D eigenvalue weighted by molar-refractivity contribution is -0.138. The van der Waals surface area contributed by atoms with Crippen molar-refractivity contribution in [3.05, 3.63) is 108 Å². The molecule has 0 unspecified atom stereocenters. The number of hydrogen-bond acceptors (Lipinski definition) is 6. The maximum atomic E-state index is 14.1. The van der Waals surface area contributed by atoms with Crippen LogP contribution in [0.5, 0.6) is 0 Å². The molecule has 2 aromatic carbocycles. The number of hydrogen-bond donors (Lipinski definition) is 2. The molecule has 212 valence electrons. The summed E-state index contributed by atoms with van der Waals surface area (Å²) in [6, 6.07) is 17.9. The van der Waals surface area contributed by atoms with Crippen LogP contribution in [0.4, 0.5) is 30.4 Å². The Morgan fingerprint density at radius 3 is 2.49 bits per heavy atom. The van der Waals surface area contributed by atoms with E-state index in [9.17, 15) is 13.2 Å². The molecule has 0 radical (unpaired) electrons. The van der Waals surface area contributed by atoms with E-state index in [0.717, 1.165) is 48.6 Å². The Morgan fingerprint density at radius 2 is 1.76 bits per heavy atom. The van der Waals surface area contributed by atoms with Gasteiger partial charge in [0.25, 0.3) is 0 Å². The van der Waals surface area contributed by atoms with Crippen LogP contribution in [-0.4, -0.2) is 53.0 Å². The number of likely N-dealkylation sites (N-methyl/N-ethyl adjacent to an activating group) is 1. The summed E-state index contributed by atoms with van der Waals surface area (Å²) in [6.45, 7) is 9.48. The summed E-state index contributed by atoms with van der Waals surface area (Å²) < 4.78 is 42.2. The monoisotopic (exact) mass is 558 g/mol. The number of piperazine rings is 1. The summed E-state index contributed by atoms with van der Waals surface area (Å²) in [4.78, 5) is 12.9. The fourth-order valence-electron chi connectivity index (χ4n) is 4.84. The van der Waals surface area contributed by atoms with E-state index in [-0.39, 0.29) is 12.1 Å². The third-order valence-electron chi connectivity index (χ3n) is 7.30. The largest absolute Gasteiger partial charge is 0.416 e. The molecule has 1 fully saturated rings. The average molecular weight is 559 g/mol. The summed E-state index contributed by atoms with van der Waals surface area (Å²) in [6.07, 6.45) is 0.794. The number of aryl methyl sites for hydroxylation is 1. The number of benzene rings is 2. The number of alkyl halides is 3. The summed E-state index contributed by atoms with van der Waals surface area (Å²) in [7, 11) is 2.03. The minimum absolute atomic E-state index is 0.270. The van der Waals surface area contributed by atoms with Crippen LogP contribution in [0.25, 0.3) is 16.8 Å². The summed E-state index contributed by atoms with van der Waals surface area (Å²) >= 11 is 0. The SMILES string of the molecule is C=C(Nc1ccc(C)c(Nc2cc(-c3cccnc3)ccn2)c1)c1ccc(CN2CCN(C)CC2)c(C(F)(F)F)c1. The Labute approximate surface area is 238 Å². The van der Waals surface area contributed by atoms with Crippen molar-refractivity contribution < 1.29 is 13.2 Å². The van der Waals surface area contributed by atoms with Crippen LogP contribution in [0.1, 0.15) is 22.3 Å². The second-order valence-electron chi connectivity index (χ2n) is 10.4. The Morgan fingerprint density at radius 1 is 0.951 bits per heavy atom. The molecule has 0 spiro atoms. The third kappa shape index (κ3) is 7.11. The first-order valence-electron chi connectivity index (χ1n) is 13.5. The van der Waals surface area contributed by atoms with Gasteiger partial charge in [0.1, 0.15) is 5.82 Å². The van der Waals surface area contributed by atoms with E-state index in [1.807, 2.05) is 56.4 Å². The molecule has 0 atom stereocenters. The fraction of sp³-hybridized carbons (Fsp3) is 0.250. The fourth-order valence-corrected chi connectivity index (χ4v) is 4.84. The molecule has 3 heterocycles. The zero-order valence-corrected chi connectivity index (χ0v) is 23.2. The van der Waals surface area contributed by atoms with Gasteiger partial charge in [-0.3, -0.25) is 9.88 Å². The van der Waals surface area contributed by atoms with Crippen LogP contribution in [0.2, 0.25) is 0 Å². The van der Waals surface area contributed by atoms with Gasteiger partial charge < -0.3 is 15.5 Å². The van der Waals surface area contributed by atoms with Gasteiger partial charge in [-0.15, -0.1) is 0 Å². The summed E-state index contributed by atoms with van der Waals surface area (Å²) in [5, 5.41) is 6.54. The van der Waals surface area contributed by atoms with Crippen molar-refractivity contribution in [3.8, 4) is 11.1 Å². The molecular formula is C32H33F3N6. The number of halogens is 3. The molecule has 0 bridgehead atoms. The topological polar surface area (TPSA) is 56.3 Å². The first-order valence-corrected chi connectivity index (χ1v) is 13.5. The Hall–Kier alpha value is -4.21. The van der Waals surface area contributed by atoms with Crippen molar-refractivity contribution in [1.82, 2.24) is 19.8 Å². The molecule has 1 aliphatic rings. The Kier molecular flexibility index (Phi) is 8.37. The van der Waals surface area contributed by atoms with E-state index < -0.39 is 11.7 Å². The van der Waals surface area contributed by atoms with Gasteiger partial charge in [-0.25, -0.2) is 4.98 Å². The normalized spacial score (nSPS) is 14.6. The van der Waals surface area contributed by atoms with E-state index in [1.165, 1.54) is 6.07 Å². The number of nitrogens with one attached hydrogen (secondary N) is 2. The standard InChI is InChI=1S/C32H33F3N6/c1-22-6-9-28(19-30(22)39-31-18-25(10-12-37-31)26-5-4-11-36-20-26)38-23(2)24-7-8-27(29(17-24)32(33,34)35)21-41-15-13-40(3)14-16-41/h4-12,17-20,38H,2,13-16,21H2,1,3H3,(H,37,39). The maximum absolute atomic E-state index is 14.1. The van der Waals surface area contributed by atoms with Crippen LogP contribution >= 0.6 is 0 Å². The molecule has 5 rings (SSSR count). The lowest BCUT2D eigenvalue weighted by Gasteiger charge is -2.33. The first kappa shape index (κ1) is 28.3. The van der Waals surface area contributed by atoms with Gasteiger partial charge in [0.2, 0.25) is 0 Å². The highest BCUT2D eigenvalue weighted by Gasteiger charge is 2.34. The molecule has 0 saturated carbocycles. The number of anilines is 3. The number of aromatic nitrogens is 2. The van der Waals surface area contributed by atoms with E-state index >= 15 is 0 Å². The highest BCUT2D eigenvalue weighted by Crippen LogP contribution is 2.35. The molecule has 9 heteroatoms. The second kappa shape index (κ2) is 12.1. The van der Waals surface area contributed by atoms with Crippen molar-refractivity contribution in [2.45, 2.75) is 19.6 Å². The van der Waals surface area contributed by atoms with Gasteiger partial charge >= 0.3 is 6.18 Å². The Bertz CT molecular complexity index is 1510. The molecule has 4 aromatic rings. The van der Waals surface area contributed by atoms with E-state index in [1.54, 1.807) is 30.7 Å². The predicted molar refractivity (Wildman–Crippen MR) is 159 cm³/mol. The van der Waals surface area contributed by atoms with Crippen LogP contribution in [0, 0.1) is 6.92 Å². The lowest BCUT2D eigenvalue weighted by atomic mass is 10.0. The highest BCUT2D eigenvalue weighted by atomic mass is 19.4. The smallest absolute Gasteiger partial charge is 0.355 e. The van der Waals surface area contributed by atoms with Gasteiger partial charge in [0.05, 0.1) is 5.56 Å². The van der Waals surface area contributed by atoms with Gasteiger partial charge in [-0.1, -0.05) is 30.8 Å². The zero-order chi connectivity index (χ0) is 29.0. The van der Waals surface area contributed by atoms with Crippen molar-refractivity contribution in [3.63, 3.8) is 0 Å². The van der Waals surface area contributed by atoms with Gasteiger partial charge in [-0.2, -0.15) is 13.2 Å². The Balaban J connectivity index is 1.32. The summed E-state index contributed by atoms with van der Waals surface area (Å²) in [5.41, 5.74) is 4.89. The molecule has 6 nitrogen and oxygen atoms in total. The van der Waals surface area contributed by atoms with Crippen LogP contribution in [0.3, 0.4) is 0 Å². The molecule has 1 aliphatic heterocycles. The van der Waals surface area contributed by atoms with Gasteiger partial charge in [0, 0.05) is 73.9 Å². The minimum atomic E-state index is -4.46. The molecule has 1 saturated heterocycles. The average Bonchev–Trinajstić information content (AvgIpc) is 2.96. The quantitative estimate of drug-likeness (QED) is 0.242. The molecule has 2 N–H and O–H groups in total. The minimum Gasteiger partial charge on any atom is -0.355 e. The summed E-state index contributed by atoms with van der Waals surface area (Å²) in [5.74, 6) is 0.663.